The third kappa shape index (κ3) is 1.51. The molecule has 1 aliphatic rings. The molecule has 0 aliphatic carbocycles. The van der Waals surface area contributed by atoms with E-state index in [2.05, 4.69) is 4.74 Å². The predicted molar refractivity (Wildman–Crippen MR) is 32.9 cm³/mol. The minimum absolute atomic E-state index is 0.481. The van der Waals surface area contributed by atoms with Gasteiger partial charge in [0.25, 0.3) is 5.85 Å². The summed E-state index contributed by atoms with van der Waals surface area (Å²) >= 11 is 0. The molecule has 0 spiro atoms. The van der Waals surface area contributed by atoms with Crippen LogP contribution in [0.5, 0.6) is 0 Å². The monoisotopic (exact) mass is 165 g/mol. The molecule has 11 heavy (non-hydrogen) atoms. The Labute approximate surface area is 63.2 Å². The number of ether oxygens (including phenoxy) is 1. The largest absolute Gasteiger partial charge is 0.387 e. The Balaban J connectivity index is 2.67. The van der Waals surface area contributed by atoms with Crippen molar-refractivity contribution in [2.75, 3.05) is 0 Å². The number of alkyl halides is 1. The zero-order chi connectivity index (χ0) is 8.65. The van der Waals surface area contributed by atoms with Gasteiger partial charge in [-0.25, -0.2) is 4.39 Å². The smallest absolute Gasteiger partial charge is 0.264 e. The zero-order valence-electron chi connectivity index (χ0n) is 5.94. The summed E-state index contributed by atoms with van der Waals surface area (Å²) in [5.74, 6) is -2.95. The fourth-order valence-corrected chi connectivity index (χ4v) is 0.849. The van der Waals surface area contributed by atoms with Crippen molar-refractivity contribution in [2.24, 2.45) is 0 Å². The average Bonchev–Trinajstić information content (AvgIpc) is 1.95. The first kappa shape index (κ1) is 8.86. The van der Waals surface area contributed by atoms with Gasteiger partial charge < -0.3 is 20.1 Å². The van der Waals surface area contributed by atoms with Crippen LogP contribution in [0.4, 0.5) is 4.39 Å². The minimum Gasteiger partial charge on any atom is -0.387 e. The zero-order valence-corrected chi connectivity index (χ0v) is 5.94. The molecule has 3 N–H and O–H groups in total. The Morgan fingerprint density at radius 2 is 2.09 bits per heavy atom. The number of hydrogen-bond acceptors (Lipinski definition) is 4. The van der Waals surface area contributed by atoms with Crippen LogP contribution in [-0.2, 0) is 4.74 Å². The van der Waals surface area contributed by atoms with Gasteiger partial charge in [0, 0.05) is 0 Å². The Hall–Kier alpha value is -0.230. The van der Waals surface area contributed by atoms with E-state index < -0.39 is 24.2 Å². The molecule has 1 fully saturated rings. The molecule has 5 heteroatoms. The highest BCUT2D eigenvalue weighted by Gasteiger charge is 2.48. The Morgan fingerprint density at radius 1 is 1.55 bits per heavy atom. The molecule has 0 amide bonds. The van der Waals surface area contributed by atoms with E-state index in [4.69, 9.17) is 15.3 Å². The maximum atomic E-state index is 12.7. The third-order valence-electron chi connectivity index (χ3n) is 1.67. The average molecular weight is 165 g/mol. The van der Waals surface area contributed by atoms with Gasteiger partial charge in [0.2, 0.25) is 0 Å². The fourth-order valence-electron chi connectivity index (χ4n) is 0.849. The van der Waals surface area contributed by atoms with Crippen molar-refractivity contribution in [1.82, 2.24) is 0 Å². The minimum atomic E-state index is -2.95. The number of aliphatic hydroxyl groups excluding tert-OH is 2. The lowest BCUT2D eigenvalue weighted by molar-refractivity contribution is -0.253. The molecular formula is C6H10FO4. The summed E-state index contributed by atoms with van der Waals surface area (Å²) in [6, 6.07) is 0. The Morgan fingerprint density at radius 3 is 2.55 bits per heavy atom. The first-order valence-corrected chi connectivity index (χ1v) is 3.22. The van der Waals surface area contributed by atoms with E-state index in [1.54, 1.807) is 0 Å². The summed E-state index contributed by atoms with van der Waals surface area (Å²) in [5, 5.41) is 26.6. The van der Waals surface area contributed by atoms with Gasteiger partial charge >= 0.3 is 0 Å². The van der Waals surface area contributed by atoms with E-state index in [-0.39, 0.29) is 0 Å². The number of hydrogen-bond donors (Lipinski definition) is 3. The summed E-state index contributed by atoms with van der Waals surface area (Å²) in [6.07, 6.45) is -3.96. The van der Waals surface area contributed by atoms with Crippen LogP contribution in [0.2, 0.25) is 0 Å². The molecule has 1 aliphatic heterocycles. The van der Waals surface area contributed by atoms with E-state index >= 15 is 0 Å². The summed E-state index contributed by atoms with van der Waals surface area (Å²) in [6.45, 7) is 1.94. The topological polar surface area (TPSA) is 69.9 Å². The van der Waals surface area contributed by atoms with Gasteiger partial charge in [0.05, 0.1) is 6.10 Å². The summed E-state index contributed by atoms with van der Waals surface area (Å²) < 4.78 is 17.2. The number of aliphatic hydroxyl groups is 3. The fraction of sp³-hybridized carbons (Fsp3) is 0.833. The van der Waals surface area contributed by atoms with Gasteiger partial charge in [-0.05, 0) is 6.92 Å². The Kier molecular flexibility index (Phi) is 2.15. The molecule has 0 bridgehead atoms. The van der Waals surface area contributed by atoms with Crippen molar-refractivity contribution in [3.05, 3.63) is 6.61 Å². The molecular weight excluding hydrogens is 155 g/mol. The van der Waals surface area contributed by atoms with Gasteiger partial charge in [-0.3, -0.25) is 0 Å². The quantitative estimate of drug-likeness (QED) is 0.428. The van der Waals surface area contributed by atoms with E-state index in [1.165, 1.54) is 6.92 Å². The number of halogens is 1. The van der Waals surface area contributed by atoms with Crippen LogP contribution >= 0.6 is 0 Å². The SMILES string of the molecule is C[C@H]1O[CH][C@@](O)(F)[C@@H](O)[C@H]1O. The van der Waals surface area contributed by atoms with Crippen molar-refractivity contribution in [3.8, 4) is 0 Å². The van der Waals surface area contributed by atoms with Gasteiger partial charge in [0.15, 0.2) is 6.61 Å². The highest BCUT2D eigenvalue weighted by Crippen LogP contribution is 2.27. The van der Waals surface area contributed by atoms with Crippen LogP contribution in [0.15, 0.2) is 0 Å². The van der Waals surface area contributed by atoms with Crippen LogP contribution in [-0.4, -0.2) is 39.5 Å². The van der Waals surface area contributed by atoms with Crippen LogP contribution in [0.1, 0.15) is 6.92 Å². The maximum absolute atomic E-state index is 12.7. The molecule has 0 saturated carbocycles. The highest BCUT2D eigenvalue weighted by atomic mass is 19.2. The molecule has 1 radical (unpaired) electrons. The summed E-state index contributed by atoms with van der Waals surface area (Å²) in [5.41, 5.74) is 0. The van der Waals surface area contributed by atoms with Crippen LogP contribution in [0, 0.1) is 6.61 Å². The molecule has 4 nitrogen and oxygen atoms in total. The molecule has 0 aromatic rings. The predicted octanol–water partition coefficient (Wildman–Crippen LogP) is -1.05. The van der Waals surface area contributed by atoms with Crippen LogP contribution in [0.25, 0.3) is 0 Å². The standard InChI is InChI=1S/C6H10FO4/c1-3-4(8)5(9)6(7,10)2-11-3/h2-5,8-10H,1H3/t3-,4+,5+,6+/m1/s1. The van der Waals surface area contributed by atoms with Crippen molar-refractivity contribution in [3.63, 3.8) is 0 Å². The first-order valence-electron chi connectivity index (χ1n) is 3.22. The van der Waals surface area contributed by atoms with Crippen molar-refractivity contribution in [2.45, 2.75) is 31.1 Å². The summed E-state index contributed by atoms with van der Waals surface area (Å²) in [7, 11) is 0. The lowest BCUT2D eigenvalue weighted by Gasteiger charge is -2.36. The van der Waals surface area contributed by atoms with Gasteiger partial charge in [-0.1, -0.05) is 0 Å². The molecule has 1 saturated heterocycles. The molecule has 0 aromatic heterocycles. The molecule has 1 heterocycles. The molecule has 4 atom stereocenters. The Bertz CT molecular complexity index is 150. The molecule has 0 aromatic carbocycles. The summed E-state index contributed by atoms with van der Waals surface area (Å²) in [4.78, 5) is 0. The van der Waals surface area contributed by atoms with Crippen molar-refractivity contribution >= 4 is 0 Å². The van der Waals surface area contributed by atoms with Crippen LogP contribution in [0.3, 0.4) is 0 Å². The lowest BCUT2D eigenvalue weighted by atomic mass is 9.99. The third-order valence-corrected chi connectivity index (χ3v) is 1.67. The maximum Gasteiger partial charge on any atom is 0.264 e. The van der Waals surface area contributed by atoms with Crippen molar-refractivity contribution < 1.29 is 24.4 Å². The van der Waals surface area contributed by atoms with Gasteiger partial charge in [-0.2, -0.15) is 0 Å². The van der Waals surface area contributed by atoms with E-state index in [0.717, 1.165) is 0 Å². The second kappa shape index (κ2) is 2.67. The lowest BCUT2D eigenvalue weighted by Crippen LogP contribution is -2.55. The van der Waals surface area contributed by atoms with Crippen molar-refractivity contribution in [1.29, 1.82) is 0 Å². The van der Waals surface area contributed by atoms with Crippen LogP contribution < -0.4 is 0 Å². The second-order valence-corrected chi connectivity index (χ2v) is 2.62. The first-order chi connectivity index (χ1) is 4.95. The van der Waals surface area contributed by atoms with E-state index in [0.29, 0.717) is 6.61 Å². The van der Waals surface area contributed by atoms with E-state index in [9.17, 15) is 4.39 Å². The highest BCUT2D eigenvalue weighted by molar-refractivity contribution is 4.95. The van der Waals surface area contributed by atoms with E-state index in [1.807, 2.05) is 0 Å². The second-order valence-electron chi connectivity index (χ2n) is 2.62. The molecule has 0 unspecified atom stereocenters. The van der Waals surface area contributed by atoms with Gasteiger partial charge in [-0.15, -0.1) is 0 Å². The normalized spacial score (nSPS) is 52.6. The van der Waals surface area contributed by atoms with Gasteiger partial charge in [0.1, 0.15) is 12.2 Å². The molecule has 1 rings (SSSR count). The molecule has 65 valence electrons. The number of rotatable bonds is 0.